The molecule has 31 heavy (non-hydrogen) atoms. The minimum absolute atomic E-state index is 0.290. The molecule has 1 atom stereocenters. The zero-order valence-electron chi connectivity index (χ0n) is 19.5. The molecule has 0 saturated carbocycles. The summed E-state index contributed by atoms with van der Waals surface area (Å²) in [7, 11) is 2.18. The Morgan fingerprint density at radius 1 is 1.16 bits per heavy atom. The van der Waals surface area contributed by atoms with Crippen LogP contribution < -0.4 is 10.2 Å². The van der Waals surface area contributed by atoms with Gasteiger partial charge in [-0.05, 0) is 64.7 Å². The van der Waals surface area contributed by atoms with E-state index in [9.17, 15) is 5.11 Å². The van der Waals surface area contributed by atoms with E-state index in [2.05, 4.69) is 63.2 Å². The Morgan fingerprint density at radius 2 is 1.87 bits per heavy atom. The summed E-state index contributed by atoms with van der Waals surface area (Å²) in [5.74, 6) is 1.65. The number of aryl methyl sites for hydroxylation is 1. The highest BCUT2D eigenvalue weighted by Gasteiger charge is 2.14. The Morgan fingerprint density at radius 3 is 2.52 bits per heavy atom. The predicted molar refractivity (Wildman–Crippen MR) is 129 cm³/mol. The molecule has 1 aromatic heterocycles. The zero-order valence-corrected chi connectivity index (χ0v) is 19.5. The summed E-state index contributed by atoms with van der Waals surface area (Å²) >= 11 is 0. The molecule has 1 aliphatic rings. The number of rotatable bonds is 10. The number of hydrogen-bond donors (Lipinski definition) is 2. The molecule has 7 heteroatoms. The molecule has 1 saturated heterocycles. The highest BCUT2D eigenvalue weighted by atomic mass is 16.3. The van der Waals surface area contributed by atoms with Gasteiger partial charge in [-0.25, -0.2) is 9.97 Å². The summed E-state index contributed by atoms with van der Waals surface area (Å²) < 4.78 is 0. The Balaban J connectivity index is 1.57. The van der Waals surface area contributed by atoms with Crippen LogP contribution in [0, 0.1) is 6.92 Å². The SMILES string of the molecule is CCN(CCCNc1nc(-c2ccc(N3CCN(C)CC3)cc2)ncc1C)C[C@@H](C)O. The molecule has 0 aliphatic carbocycles. The smallest absolute Gasteiger partial charge is 0.161 e. The zero-order chi connectivity index (χ0) is 22.2. The van der Waals surface area contributed by atoms with Crippen LogP contribution in [0.5, 0.6) is 0 Å². The largest absolute Gasteiger partial charge is 0.392 e. The van der Waals surface area contributed by atoms with Crippen molar-refractivity contribution in [3.8, 4) is 11.4 Å². The number of nitrogens with one attached hydrogen (secondary N) is 1. The Labute approximate surface area is 187 Å². The quantitative estimate of drug-likeness (QED) is 0.566. The van der Waals surface area contributed by atoms with Gasteiger partial charge >= 0.3 is 0 Å². The first kappa shape index (κ1) is 23.4. The summed E-state index contributed by atoms with van der Waals surface area (Å²) in [4.78, 5) is 16.4. The van der Waals surface area contributed by atoms with Crippen molar-refractivity contribution in [2.45, 2.75) is 33.3 Å². The molecule has 0 amide bonds. The molecule has 0 bridgehead atoms. The lowest BCUT2D eigenvalue weighted by atomic mass is 10.1. The molecular formula is C24H38N6O. The normalized spacial score (nSPS) is 16.0. The van der Waals surface area contributed by atoms with Crippen molar-refractivity contribution in [2.24, 2.45) is 0 Å². The molecule has 170 valence electrons. The van der Waals surface area contributed by atoms with Gasteiger partial charge in [0.2, 0.25) is 0 Å². The first-order chi connectivity index (χ1) is 15.0. The van der Waals surface area contributed by atoms with Crippen LogP contribution in [0.3, 0.4) is 0 Å². The predicted octanol–water partition coefficient (Wildman–Crippen LogP) is 2.71. The van der Waals surface area contributed by atoms with Crippen LogP contribution in [-0.2, 0) is 0 Å². The second-order valence-corrected chi connectivity index (χ2v) is 8.59. The lowest BCUT2D eigenvalue weighted by Gasteiger charge is -2.34. The molecule has 0 spiro atoms. The fraction of sp³-hybridized carbons (Fsp3) is 0.583. The van der Waals surface area contributed by atoms with Crippen molar-refractivity contribution in [1.82, 2.24) is 19.8 Å². The van der Waals surface area contributed by atoms with E-state index < -0.39 is 0 Å². The number of aromatic nitrogens is 2. The number of benzene rings is 1. The van der Waals surface area contributed by atoms with Crippen molar-refractivity contribution >= 4 is 11.5 Å². The van der Waals surface area contributed by atoms with Crippen LogP contribution in [0.1, 0.15) is 25.8 Å². The number of anilines is 2. The van der Waals surface area contributed by atoms with E-state index in [1.165, 1.54) is 5.69 Å². The third kappa shape index (κ3) is 6.89. The van der Waals surface area contributed by atoms with E-state index in [0.717, 1.165) is 81.5 Å². The maximum Gasteiger partial charge on any atom is 0.161 e. The van der Waals surface area contributed by atoms with Gasteiger partial charge in [0, 0.05) is 62.3 Å². The number of likely N-dealkylation sites (N-methyl/N-ethyl adjacent to an activating group) is 2. The first-order valence-electron chi connectivity index (χ1n) is 11.5. The highest BCUT2D eigenvalue weighted by Crippen LogP contribution is 2.23. The molecule has 3 rings (SSSR count). The van der Waals surface area contributed by atoms with Gasteiger partial charge in [-0.2, -0.15) is 0 Å². The average molecular weight is 427 g/mol. The standard InChI is InChI=1S/C24H38N6O/c1-5-29(18-20(3)31)12-6-11-25-23-19(2)17-26-24(27-23)21-7-9-22(10-8-21)30-15-13-28(4)14-16-30/h7-10,17,20,31H,5-6,11-16,18H2,1-4H3,(H,25,26,27)/t20-/m1/s1. The molecule has 2 heterocycles. The van der Waals surface area contributed by atoms with Gasteiger partial charge in [0.05, 0.1) is 6.10 Å². The molecule has 7 nitrogen and oxygen atoms in total. The minimum atomic E-state index is -0.290. The van der Waals surface area contributed by atoms with E-state index in [1.807, 2.05) is 20.0 Å². The third-order valence-corrected chi connectivity index (χ3v) is 5.88. The molecule has 2 aromatic rings. The van der Waals surface area contributed by atoms with E-state index in [1.54, 1.807) is 0 Å². The van der Waals surface area contributed by atoms with Crippen LogP contribution in [0.15, 0.2) is 30.5 Å². The molecule has 2 N–H and O–H groups in total. The monoisotopic (exact) mass is 426 g/mol. The summed E-state index contributed by atoms with van der Waals surface area (Å²) in [5.41, 5.74) is 3.35. The van der Waals surface area contributed by atoms with Crippen LogP contribution in [0.2, 0.25) is 0 Å². The van der Waals surface area contributed by atoms with Crippen LogP contribution in [-0.4, -0.2) is 90.4 Å². The molecule has 1 fully saturated rings. The van der Waals surface area contributed by atoms with Crippen molar-refractivity contribution < 1.29 is 5.11 Å². The molecule has 0 radical (unpaired) electrons. The van der Waals surface area contributed by atoms with E-state index in [4.69, 9.17) is 4.98 Å². The maximum atomic E-state index is 9.59. The first-order valence-corrected chi connectivity index (χ1v) is 11.5. The Hall–Kier alpha value is -2.22. The fourth-order valence-corrected chi connectivity index (χ4v) is 3.91. The molecule has 1 aliphatic heterocycles. The van der Waals surface area contributed by atoms with Gasteiger partial charge in [-0.3, -0.25) is 0 Å². The molecular weight excluding hydrogens is 388 g/mol. The average Bonchev–Trinajstić information content (AvgIpc) is 2.77. The van der Waals surface area contributed by atoms with Gasteiger partial charge in [0.25, 0.3) is 0 Å². The van der Waals surface area contributed by atoms with Gasteiger partial charge in [-0.1, -0.05) is 6.92 Å². The lowest BCUT2D eigenvalue weighted by molar-refractivity contribution is 0.129. The second kappa shape index (κ2) is 11.4. The third-order valence-electron chi connectivity index (χ3n) is 5.88. The molecule has 1 aromatic carbocycles. The number of hydrogen-bond acceptors (Lipinski definition) is 7. The number of aliphatic hydroxyl groups is 1. The van der Waals surface area contributed by atoms with Gasteiger partial charge < -0.3 is 25.1 Å². The summed E-state index contributed by atoms with van der Waals surface area (Å²) in [6.07, 6.45) is 2.60. The van der Waals surface area contributed by atoms with Crippen LogP contribution in [0.4, 0.5) is 11.5 Å². The second-order valence-electron chi connectivity index (χ2n) is 8.59. The van der Waals surface area contributed by atoms with Crippen LogP contribution in [0.25, 0.3) is 11.4 Å². The van der Waals surface area contributed by atoms with Gasteiger partial charge in [0.1, 0.15) is 5.82 Å². The van der Waals surface area contributed by atoms with Crippen molar-refractivity contribution in [2.75, 3.05) is 69.6 Å². The Bertz CT molecular complexity index is 802. The van der Waals surface area contributed by atoms with Crippen molar-refractivity contribution in [3.63, 3.8) is 0 Å². The summed E-state index contributed by atoms with van der Waals surface area (Å²) in [6.45, 7) is 13.8. The van der Waals surface area contributed by atoms with Crippen molar-refractivity contribution in [3.05, 3.63) is 36.0 Å². The molecule has 0 unspecified atom stereocenters. The maximum absolute atomic E-state index is 9.59. The summed E-state index contributed by atoms with van der Waals surface area (Å²) in [6, 6.07) is 8.60. The summed E-state index contributed by atoms with van der Waals surface area (Å²) in [5, 5.41) is 13.1. The van der Waals surface area contributed by atoms with E-state index >= 15 is 0 Å². The van der Waals surface area contributed by atoms with Gasteiger partial charge in [0.15, 0.2) is 5.82 Å². The van der Waals surface area contributed by atoms with Gasteiger partial charge in [-0.15, -0.1) is 0 Å². The lowest BCUT2D eigenvalue weighted by Crippen LogP contribution is -2.44. The van der Waals surface area contributed by atoms with E-state index in [-0.39, 0.29) is 6.10 Å². The fourth-order valence-electron chi connectivity index (χ4n) is 3.91. The minimum Gasteiger partial charge on any atom is -0.392 e. The topological polar surface area (TPSA) is 67.8 Å². The number of piperazine rings is 1. The number of aliphatic hydroxyl groups excluding tert-OH is 1. The number of nitrogens with zero attached hydrogens (tertiary/aromatic N) is 5. The van der Waals surface area contributed by atoms with Crippen molar-refractivity contribution in [1.29, 1.82) is 0 Å². The van der Waals surface area contributed by atoms with E-state index in [0.29, 0.717) is 0 Å². The Kier molecular flexibility index (Phi) is 8.63. The highest BCUT2D eigenvalue weighted by molar-refractivity contribution is 5.62. The van der Waals surface area contributed by atoms with Crippen LogP contribution >= 0.6 is 0 Å².